The van der Waals surface area contributed by atoms with Gasteiger partial charge in [0.2, 0.25) is 5.95 Å². The van der Waals surface area contributed by atoms with Crippen molar-refractivity contribution >= 4 is 23.5 Å². The van der Waals surface area contributed by atoms with E-state index < -0.39 is 11.7 Å². The predicted octanol–water partition coefficient (Wildman–Crippen LogP) is 3.37. The third kappa shape index (κ3) is 3.92. The normalized spacial score (nSPS) is 10.5. The molecule has 3 aromatic rings. The summed E-state index contributed by atoms with van der Waals surface area (Å²) in [5, 5.41) is 7.39. The van der Waals surface area contributed by atoms with Crippen LogP contribution in [-0.2, 0) is 6.54 Å². The number of hydrogen-bond acceptors (Lipinski definition) is 3. The van der Waals surface area contributed by atoms with Crippen LogP contribution in [0.2, 0.25) is 5.02 Å². The summed E-state index contributed by atoms with van der Waals surface area (Å²) >= 11 is 5.94. The molecule has 0 saturated carbocycles. The highest BCUT2D eigenvalue weighted by molar-refractivity contribution is 6.30. The third-order valence-corrected chi connectivity index (χ3v) is 3.34. The van der Waals surface area contributed by atoms with Crippen molar-refractivity contribution in [3.63, 3.8) is 0 Å². The Hall–Kier alpha value is -2.73. The molecule has 2 aromatic carbocycles. The number of aromatic nitrogens is 3. The van der Waals surface area contributed by atoms with Gasteiger partial charge in [0, 0.05) is 10.6 Å². The first-order chi connectivity index (χ1) is 11.1. The molecular formula is C16H12ClFN4O. The third-order valence-electron chi connectivity index (χ3n) is 3.10. The summed E-state index contributed by atoms with van der Waals surface area (Å²) in [7, 11) is 0. The molecule has 0 aliphatic rings. The van der Waals surface area contributed by atoms with Crippen molar-refractivity contribution in [2.75, 3.05) is 5.32 Å². The maximum absolute atomic E-state index is 12.8. The van der Waals surface area contributed by atoms with E-state index in [2.05, 4.69) is 15.4 Å². The molecule has 1 amide bonds. The van der Waals surface area contributed by atoms with E-state index in [1.807, 2.05) is 18.2 Å². The van der Waals surface area contributed by atoms with Crippen molar-refractivity contribution in [3.05, 3.63) is 76.8 Å². The maximum Gasteiger partial charge on any atom is 0.258 e. The fourth-order valence-corrected chi connectivity index (χ4v) is 2.24. The van der Waals surface area contributed by atoms with E-state index in [0.717, 1.165) is 5.56 Å². The van der Waals surface area contributed by atoms with Crippen LogP contribution >= 0.6 is 11.6 Å². The lowest BCUT2D eigenvalue weighted by molar-refractivity contribution is 0.102. The summed E-state index contributed by atoms with van der Waals surface area (Å²) in [4.78, 5) is 16.0. The standard InChI is InChI=1S/C16H12ClFN4O/c17-13-3-1-2-11(8-13)9-22-10-19-16(21-22)20-15(23)12-4-6-14(18)7-5-12/h1-8,10H,9H2,(H,20,21,23). The lowest BCUT2D eigenvalue weighted by Crippen LogP contribution is -2.13. The number of halogens is 2. The van der Waals surface area contributed by atoms with Gasteiger partial charge in [-0.25, -0.2) is 14.1 Å². The van der Waals surface area contributed by atoms with Crippen molar-refractivity contribution in [2.24, 2.45) is 0 Å². The van der Waals surface area contributed by atoms with E-state index in [0.29, 0.717) is 17.1 Å². The summed E-state index contributed by atoms with van der Waals surface area (Å²) in [6, 6.07) is 12.6. The smallest absolute Gasteiger partial charge is 0.258 e. The first-order valence-corrected chi connectivity index (χ1v) is 7.19. The van der Waals surface area contributed by atoms with Crippen LogP contribution < -0.4 is 5.32 Å². The molecule has 3 rings (SSSR count). The van der Waals surface area contributed by atoms with E-state index in [1.165, 1.54) is 30.6 Å². The Kier molecular flexibility index (Phi) is 4.34. The number of benzene rings is 2. The zero-order valence-corrected chi connectivity index (χ0v) is 12.7. The predicted molar refractivity (Wildman–Crippen MR) is 84.9 cm³/mol. The molecule has 0 atom stereocenters. The van der Waals surface area contributed by atoms with Crippen LogP contribution in [0.25, 0.3) is 0 Å². The summed E-state index contributed by atoms with van der Waals surface area (Å²) < 4.78 is 14.4. The lowest BCUT2D eigenvalue weighted by Gasteiger charge is -2.02. The van der Waals surface area contributed by atoms with E-state index in [1.54, 1.807) is 10.7 Å². The van der Waals surface area contributed by atoms with E-state index in [4.69, 9.17) is 11.6 Å². The number of nitrogens with zero attached hydrogens (tertiary/aromatic N) is 3. The topological polar surface area (TPSA) is 59.8 Å². The van der Waals surface area contributed by atoms with Crippen LogP contribution in [0.5, 0.6) is 0 Å². The minimum absolute atomic E-state index is 0.182. The Morgan fingerprint density at radius 2 is 2.00 bits per heavy atom. The molecule has 0 aliphatic carbocycles. The SMILES string of the molecule is O=C(Nc1ncn(Cc2cccc(Cl)c2)n1)c1ccc(F)cc1. The Morgan fingerprint density at radius 1 is 1.22 bits per heavy atom. The van der Waals surface area contributed by atoms with Crippen LogP contribution in [0.3, 0.4) is 0 Å². The molecule has 1 heterocycles. The van der Waals surface area contributed by atoms with E-state index in [-0.39, 0.29) is 5.95 Å². The summed E-state index contributed by atoms with van der Waals surface area (Å²) in [6.07, 6.45) is 1.52. The quantitative estimate of drug-likeness (QED) is 0.798. The number of anilines is 1. The van der Waals surface area contributed by atoms with Gasteiger partial charge in [0.1, 0.15) is 12.1 Å². The first kappa shape index (κ1) is 15.2. The Labute approximate surface area is 136 Å². The van der Waals surface area contributed by atoms with Gasteiger partial charge in [-0.15, -0.1) is 5.10 Å². The van der Waals surface area contributed by atoms with Crippen molar-refractivity contribution in [2.45, 2.75) is 6.54 Å². The van der Waals surface area contributed by atoms with Crippen LogP contribution in [0.15, 0.2) is 54.9 Å². The number of amides is 1. The summed E-state index contributed by atoms with van der Waals surface area (Å²) in [6.45, 7) is 0.486. The number of nitrogens with one attached hydrogen (secondary N) is 1. The van der Waals surface area contributed by atoms with Gasteiger partial charge in [-0.2, -0.15) is 0 Å². The highest BCUT2D eigenvalue weighted by Gasteiger charge is 2.09. The average molecular weight is 331 g/mol. The molecule has 1 aromatic heterocycles. The number of carbonyl (C=O) groups is 1. The van der Waals surface area contributed by atoms with Crippen molar-refractivity contribution in [1.29, 1.82) is 0 Å². The highest BCUT2D eigenvalue weighted by Crippen LogP contribution is 2.12. The molecule has 0 spiro atoms. The minimum atomic E-state index is -0.398. The maximum atomic E-state index is 12.8. The highest BCUT2D eigenvalue weighted by atomic mass is 35.5. The summed E-state index contributed by atoms with van der Waals surface area (Å²) in [5.41, 5.74) is 1.30. The second kappa shape index (κ2) is 6.58. The molecule has 0 radical (unpaired) electrons. The van der Waals surface area contributed by atoms with Gasteiger partial charge >= 0.3 is 0 Å². The molecule has 0 bridgehead atoms. The fourth-order valence-electron chi connectivity index (χ4n) is 2.03. The van der Waals surface area contributed by atoms with Crippen LogP contribution in [-0.4, -0.2) is 20.7 Å². The van der Waals surface area contributed by atoms with Crippen molar-refractivity contribution in [1.82, 2.24) is 14.8 Å². The second-order valence-electron chi connectivity index (χ2n) is 4.86. The van der Waals surface area contributed by atoms with Crippen LogP contribution in [0.4, 0.5) is 10.3 Å². The Morgan fingerprint density at radius 3 is 2.74 bits per heavy atom. The van der Waals surface area contributed by atoms with Gasteiger partial charge in [0.25, 0.3) is 5.91 Å². The zero-order chi connectivity index (χ0) is 16.2. The van der Waals surface area contributed by atoms with Gasteiger partial charge in [0.15, 0.2) is 0 Å². The largest absolute Gasteiger partial charge is 0.289 e. The first-order valence-electron chi connectivity index (χ1n) is 6.81. The molecule has 0 saturated heterocycles. The monoisotopic (exact) mass is 330 g/mol. The van der Waals surface area contributed by atoms with Crippen LogP contribution in [0.1, 0.15) is 15.9 Å². The molecule has 23 heavy (non-hydrogen) atoms. The van der Waals surface area contributed by atoms with Gasteiger partial charge in [-0.05, 0) is 42.0 Å². The van der Waals surface area contributed by atoms with Crippen molar-refractivity contribution in [3.8, 4) is 0 Å². The number of hydrogen-bond donors (Lipinski definition) is 1. The molecule has 0 fully saturated rings. The summed E-state index contributed by atoms with van der Waals surface area (Å²) in [5.74, 6) is -0.614. The van der Waals surface area contributed by atoms with Gasteiger partial charge in [-0.1, -0.05) is 23.7 Å². The molecule has 116 valence electrons. The molecule has 7 heteroatoms. The second-order valence-corrected chi connectivity index (χ2v) is 5.29. The van der Waals surface area contributed by atoms with Crippen molar-refractivity contribution < 1.29 is 9.18 Å². The average Bonchev–Trinajstić information content (AvgIpc) is 2.95. The minimum Gasteiger partial charge on any atom is -0.289 e. The fraction of sp³-hybridized carbons (Fsp3) is 0.0625. The number of carbonyl (C=O) groups excluding carboxylic acids is 1. The van der Waals surface area contributed by atoms with Gasteiger partial charge in [-0.3, -0.25) is 10.1 Å². The molecule has 1 N–H and O–H groups in total. The molecule has 0 unspecified atom stereocenters. The van der Waals surface area contributed by atoms with E-state index >= 15 is 0 Å². The van der Waals surface area contributed by atoms with Crippen LogP contribution in [0, 0.1) is 5.82 Å². The van der Waals surface area contributed by atoms with Gasteiger partial charge in [0.05, 0.1) is 6.54 Å². The Bertz CT molecular complexity index is 832. The number of rotatable bonds is 4. The van der Waals surface area contributed by atoms with E-state index in [9.17, 15) is 9.18 Å². The van der Waals surface area contributed by atoms with Gasteiger partial charge < -0.3 is 0 Å². The molecular weight excluding hydrogens is 319 g/mol. The molecule has 5 nitrogen and oxygen atoms in total. The zero-order valence-electron chi connectivity index (χ0n) is 11.9. The molecule has 0 aliphatic heterocycles. The lowest BCUT2D eigenvalue weighted by atomic mass is 10.2. The Balaban J connectivity index is 1.67.